The van der Waals surface area contributed by atoms with Crippen LogP contribution in [-0.4, -0.2) is 50.5 Å². The summed E-state index contributed by atoms with van der Waals surface area (Å²) in [5.41, 5.74) is 3.08. The Hall–Kier alpha value is -2.83. The van der Waals surface area contributed by atoms with Gasteiger partial charge in [-0.15, -0.1) is 0 Å². The first-order valence-corrected chi connectivity index (χ1v) is 10.7. The zero-order chi connectivity index (χ0) is 21.6. The highest BCUT2D eigenvalue weighted by molar-refractivity contribution is 5.80. The van der Waals surface area contributed by atoms with Gasteiger partial charge in [-0.1, -0.05) is 18.2 Å². The first-order valence-electron chi connectivity index (χ1n) is 10.7. The van der Waals surface area contributed by atoms with E-state index in [4.69, 9.17) is 23.9 Å². The molecule has 1 aliphatic rings. The summed E-state index contributed by atoms with van der Waals surface area (Å²) in [6, 6.07) is 16.2. The van der Waals surface area contributed by atoms with Crippen molar-refractivity contribution in [2.24, 2.45) is 0 Å². The number of ether oxygens (including phenoxy) is 4. The van der Waals surface area contributed by atoms with E-state index < -0.39 is 0 Å². The highest BCUT2D eigenvalue weighted by atomic mass is 16.5. The standard InChI is InChI=1S/C25H30N2O4/c1-28-21-11-12-23-18(14-21)9-10-20(26-23)16-27(17-22-7-5-13-31-22)15-19-6-4-8-24(29-2)25(19)30-3/h4,6,8-12,14,22H,5,7,13,15-17H2,1-3H3. The van der Waals surface area contributed by atoms with E-state index in [0.717, 1.165) is 78.5 Å². The average Bonchev–Trinajstić information content (AvgIpc) is 3.31. The molecule has 0 spiro atoms. The minimum Gasteiger partial charge on any atom is -0.497 e. The third-order valence-electron chi connectivity index (χ3n) is 5.70. The Bertz CT molecular complexity index is 1020. The van der Waals surface area contributed by atoms with Crippen LogP contribution < -0.4 is 14.2 Å². The Morgan fingerprint density at radius 1 is 1.00 bits per heavy atom. The Balaban J connectivity index is 1.58. The van der Waals surface area contributed by atoms with Crippen LogP contribution in [0.2, 0.25) is 0 Å². The molecule has 0 N–H and O–H groups in total. The van der Waals surface area contributed by atoms with Gasteiger partial charge in [0.15, 0.2) is 11.5 Å². The molecule has 0 saturated carbocycles. The molecule has 6 nitrogen and oxygen atoms in total. The van der Waals surface area contributed by atoms with Crippen molar-refractivity contribution in [2.45, 2.75) is 32.0 Å². The fraction of sp³-hybridized carbons (Fsp3) is 0.400. The number of hydrogen-bond donors (Lipinski definition) is 0. The van der Waals surface area contributed by atoms with Crippen molar-refractivity contribution in [3.8, 4) is 17.2 Å². The van der Waals surface area contributed by atoms with E-state index in [2.05, 4.69) is 23.1 Å². The number of hydrogen-bond acceptors (Lipinski definition) is 6. The summed E-state index contributed by atoms with van der Waals surface area (Å²) in [4.78, 5) is 7.27. The van der Waals surface area contributed by atoms with E-state index in [0.29, 0.717) is 0 Å². The Morgan fingerprint density at radius 2 is 1.90 bits per heavy atom. The summed E-state index contributed by atoms with van der Waals surface area (Å²) in [5.74, 6) is 2.36. The molecular weight excluding hydrogens is 392 g/mol. The molecule has 164 valence electrons. The molecule has 1 saturated heterocycles. The number of rotatable bonds is 9. The normalized spacial score (nSPS) is 16.1. The fourth-order valence-corrected chi connectivity index (χ4v) is 4.17. The van der Waals surface area contributed by atoms with Gasteiger partial charge < -0.3 is 18.9 Å². The molecule has 1 fully saturated rings. The van der Waals surface area contributed by atoms with Crippen LogP contribution in [0.1, 0.15) is 24.1 Å². The lowest BCUT2D eigenvalue weighted by atomic mass is 10.1. The highest BCUT2D eigenvalue weighted by Gasteiger charge is 2.21. The zero-order valence-corrected chi connectivity index (χ0v) is 18.5. The van der Waals surface area contributed by atoms with E-state index in [1.165, 1.54) is 0 Å². The van der Waals surface area contributed by atoms with Crippen LogP contribution in [0.25, 0.3) is 10.9 Å². The minimum atomic E-state index is 0.251. The lowest BCUT2D eigenvalue weighted by molar-refractivity contribution is 0.0672. The number of methoxy groups -OCH3 is 3. The predicted molar refractivity (Wildman–Crippen MR) is 121 cm³/mol. The van der Waals surface area contributed by atoms with Crippen LogP contribution in [0.4, 0.5) is 0 Å². The second-order valence-electron chi connectivity index (χ2n) is 7.82. The molecule has 2 aromatic carbocycles. The lowest BCUT2D eigenvalue weighted by Gasteiger charge is -2.26. The number of para-hydroxylation sites is 1. The molecule has 4 rings (SSSR count). The molecule has 31 heavy (non-hydrogen) atoms. The second kappa shape index (κ2) is 9.98. The number of benzene rings is 2. The highest BCUT2D eigenvalue weighted by Crippen LogP contribution is 2.32. The second-order valence-corrected chi connectivity index (χ2v) is 7.82. The van der Waals surface area contributed by atoms with E-state index >= 15 is 0 Å². The van der Waals surface area contributed by atoms with Crippen molar-refractivity contribution < 1.29 is 18.9 Å². The van der Waals surface area contributed by atoms with Gasteiger partial charge in [0.25, 0.3) is 0 Å². The first kappa shape index (κ1) is 21.4. The molecule has 2 heterocycles. The number of aromatic nitrogens is 1. The maximum Gasteiger partial charge on any atom is 0.165 e. The van der Waals surface area contributed by atoms with Crippen LogP contribution in [0.15, 0.2) is 48.5 Å². The molecule has 6 heteroatoms. The summed E-state index contributed by atoms with van der Waals surface area (Å²) in [6.45, 7) is 3.14. The Kier molecular flexibility index (Phi) is 6.89. The molecular formula is C25H30N2O4. The fourth-order valence-electron chi connectivity index (χ4n) is 4.17. The predicted octanol–water partition coefficient (Wildman–Crippen LogP) is 4.44. The van der Waals surface area contributed by atoms with Crippen molar-refractivity contribution in [3.05, 3.63) is 59.8 Å². The molecule has 3 aromatic rings. The molecule has 1 aliphatic heterocycles. The molecule has 1 atom stereocenters. The van der Waals surface area contributed by atoms with Crippen molar-refractivity contribution in [1.82, 2.24) is 9.88 Å². The van der Waals surface area contributed by atoms with Gasteiger partial charge in [0.1, 0.15) is 5.75 Å². The quantitative estimate of drug-likeness (QED) is 0.508. The monoisotopic (exact) mass is 422 g/mol. The smallest absolute Gasteiger partial charge is 0.165 e. The third kappa shape index (κ3) is 5.09. The van der Waals surface area contributed by atoms with Crippen LogP contribution >= 0.6 is 0 Å². The maximum atomic E-state index is 5.92. The largest absolute Gasteiger partial charge is 0.497 e. The molecule has 1 unspecified atom stereocenters. The summed E-state index contributed by atoms with van der Waals surface area (Å²) < 4.78 is 22.4. The van der Waals surface area contributed by atoms with Crippen molar-refractivity contribution in [1.29, 1.82) is 0 Å². The van der Waals surface area contributed by atoms with Crippen LogP contribution in [0.5, 0.6) is 17.2 Å². The molecule has 0 bridgehead atoms. The average molecular weight is 423 g/mol. The summed E-state index contributed by atoms with van der Waals surface area (Å²) >= 11 is 0. The maximum absolute atomic E-state index is 5.92. The van der Waals surface area contributed by atoms with Crippen LogP contribution in [0, 0.1) is 0 Å². The van der Waals surface area contributed by atoms with Gasteiger partial charge in [-0.05, 0) is 43.2 Å². The number of fused-ring (bicyclic) bond motifs is 1. The molecule has 1 aromatic heterocycles. The Labute approximate surface area is 183 Å². The summed E-state index contributed by atoms with van der Waals surface area (Å²) in [6.07, 6.45) is 2.47. The van der Waals surface area contributed by atoms with Crippen LogP contribution in [0.3, 0.4) is 0 Å². The number of nitrogens with zero attached hydrogens (tertiary/aromatic N) is 2. The first-order chi connectivity index (χ1) is 15.2. The van der Waals surface area contributed by atoms with Crippen LogP contribution in [-0.2, 0) is 17.8 Å². The van der Waals surface area contributed by atoms with Gasteiger partial charge in [-0.3, -0.25) is 9.88 Å². The van der Waals surface area contributed by atoms with Gasteiger partial charge in [-0.2, -0.15) is 0 Å². The van der Waals surface area contributed by atoms with E-state index in [9.17, 15) is 0 Å². The van der Waals surface area contributed by atoms with E-state index in [-0.39, 0.29) is 6.10 Å². The Morgan fingerprint density at radius 3 is 2.65 bits per heavy atom. The van der Waals surface area contributed by atoms with Gasteiger partial charge in [-0.25, -0.2) is 0 Å². The van der Waals surface area contributed by atoms with Crippen molar-refractivity contribution in [3.63, 3.8) is 0 Å². The minimum absolute atomic E-state index is 0.251. The molecule has 0 amide bonds. The van der Waals surface area contributed by atoms with E-state index in [1.807, 2.05) is 30.3 Å². The van der Waals surface area contributed by atoms with Crippen molar-refractivity contribution >= 4 is 10.9 Å². The topological polar surface area (TPSA) is 53.1 Å². The van der Waals surface area contributed by atoms with Gasteiger partial charge in [0.2, 0.25) is 0 Å². The van der Waals surface area contributed by atoms with Gasteiger partial charge in [0.05, 0.1) is 38.6 Å². The number of pyridine rings is 1. The lowest BCUT2D eigenvalue weighted by Crippen LogP contribution is -2.32. The van der Waals surface area contributed by atoms with Crippen molar-refractivity contribution in [2.75, 3.05) is 34.5 Å². The van der Waals surface area contributed by atoms with Gasteiger partial charge >= 0.3 is 0 Å². The zero-order valence-electron chi connectivity index (χ0n) is 18.5. The molecule has 0 radical (unpaired) electrons. The summed E-state index contributed by atoms with van der Waals surface area (Å²) in [7, 11) is 5.03. The SMILES string of the molecule is COc1ccc2nc(CN(Cc3cccc(OC)c3OC)CC3CCCO3)ccc2c1. The molecule has 0 aliphatic carbocycles. The van der Waals surface area contributed by atoms with Gasteiger partial charge in [0, 0.05) is 37.2 Å². The third-order valence-corrected chi connectivity index (χ3v) is 5.70. The summed E-state index contributed by atoms with van der Waals surface area (Å²) in [5, 5.41) is 1.07. The van der Waals surface area contributed by atoms with E-state index in [1.54, 1.807) is 21.3 Å².